The van der Waals surface area contributed by atoms with E-state index in [0.29, 0.717) is 24.8 Å². The lowest BCUT2D eigenvalue weighted by Crippen LogP contribution is -2.30. The number of benzene rings is 2. The molecule has 2 aromatic rings. The average Bonchev–Trinajstić information content (AvgIpc) is 3.08. The van der Waals surface area contributed by atoms with Gasteiger partial charge in [-0.25, -0.2) is 0 Å². The molecule has 12 nitrogen and oxygen atoms in total. The van der Waals surface area contributed by atoms with E-state index in [1.165, 1.54) is 41.3 Å². The molecule has 0 aliphatic carbocycles. The second-order valence-electron chi connectivity index (χ2n) is 7.85. The van der Waals surface area contributed by atoms with Gasteiger partial charge in [-0.1, -0.05) is 6.42 Å². The maximum atomic E-state index is 12.9. The van der Waals surface area contributed by atoms with E-state index in [9.17, 15) is 39.7 Å². The molecule has 0 spiro atoms. The third-order valence-electron chi connectivity index (χ3n) is 5.60. The highest BCUT2D eigenvalue weighted by Gasteiger charge is 2.45. The fourth-order valence-corrected chi connectivity index (χ4v) is 3.87. The highest BCUT2D eigenvalue weighted by Crippen LogP contribution is 2.40. The van der Waals surface area contributed by atoms with Crippen LogP contribution in [-0.2, 0) is 14.4 Å². The Bertz CT molecular complexity index is 1200. The molecule has 3 rings (SSSR count). The molecule has 2 aromatic carbocycles. The summed E-state index contributed by atoms with van der Waals surface area (Å²) in [6, 6.07) is 8.94. The Balaban J connectivity index is 2.01. The van der Waals surface area contributed by atoms with Crippen LogP contribution in [0.1, 0.15) is 42.9 Å². The Morgan fingerprint density at radius 3 is 1.91 bits per heavy atom. The number of Topliss-reactive ketones (excluding diaryl/α,β-unsaturated/α-hetero) is 1. The number of nitro benzene ring substituents is 2. The number of nitro groups is 2. The largest absolute Gasteiger partial charge is 0.507 e. The van der Waals surface area contributed by atoms with E-state index in [4.69, 9.17) is 5.11 Å². The second-order valence-corrected chi connectivity index (χ2v) is 7.85. The summed E-state index contributed by atoms with van der Waals surface area (Å²) in [5, 5.41) is 41.7. The minimum atomic E-state index is -1.05. The van der Waals surface area contributed by atoms with Crippen LogP contribution >= 0.6 is 0 Å². The predicted octanol–water partition coefficient (Wildman–Crippen LogP) is 3.57. The van der Waals surface area contributed by atoms with E-state index >= 15 is 0 Å². The van der Waals surface area contributed by atoms with E-state index in [-0.39, 0.29) is 35.5 Å². The predicted molar refractivity (Wildman–Crippen MR) is 121 cm³/mol. The number of carbonyl (C=O) groups excluding carboxylic acids is 2. The van der Waals surface area contributed by atoms with Gasteiger partial charge in [0.05, 0.1) is 21.5 Å². The topological polar surface area (TPSA) is 181 Å². The molecule has 1 aliphatic heterocycles. The van der Waals surface area contributed by atoms with Crippen LogP contribution in [0, 0.1) is 20.2 Å². The van der Waals surface area contributed by atoms with Crippen molar-refractivity contribution in [2.24, 2.45) is 0 Å². The van der Waals surface area contributed by atoms with Gasteiger partial charge in [0.2, 0.25) is 0 Å². The van der Waals surface area contributed by atoms with E-state index in [1.54, 1.807) is 0 Å². The fraction of sp³-hybridized carbons (Fsp3) is 0.261. The molecule has 1 unspecified atom stereocenters. The number of aliphatic carboxylic acids is 1. The zero-order valence-electron chi connectivity index (χ0n) is 18.3. The van der Waals surface area contributed by atoms with Gasteiger partial charge in [0.1, 0.15) is 5.76 Å². The van der Waals surface area contributed by atoms with Crippen LogP contribution in [-0.4, -0.2) is 49.2 Å². The van der Waals surface area contributed by atoms with Crippen LogP contribution in [0.3, 0.4) is 0 Å². The molecule has 1 amide bonds. The molecule has 182 valence electrons. The molecule has 1 aliphatic rings. The first kappa shape index (κ1) is 25.0. The zero-order chi connectivity index (χ0) is 25.7. The van der Waals surface area contributed by atoms with Crippen LogP contribution in [0.2, 0.25) is 0 Å². The number of amides is 1. The van der Waals surface area contributed by atoms with Gasteiger partial charge in [-0.05, 0) is 42.7 Å². The molecule has 0 aromatic heterocycles. The quantitative estimate of drug-likeness (QED) is 0.127. The fourth-order valence-electron chi connectivity index (χ4n) is 3.87. The summed E-state index contributed by atoms with van der Waals surface area (Å²) in [7, 11) is 0. The third kappa shape index (κ3) is 5.49. The van der Waals surface area contributed by atoms with Gasteiger partial charge in [0.15, 0.2) is 0 Å². The van der Waals surface area contributed by atoms with Crippen LogP contribution in [0.15, 0.2) is 54.1 Å². The van der Waals surface area contributed by atoms with Crippen molar-refractivity contribution < 1.29 is 34.4 Å². The molecule has 2 N–H and O–H groups in total. The molecule has 1 atom stereocenters. The van der Waals surface area contributed by atoms with Crippen molar-refractivity contribution in [1.29, 1.82) is 0 Å². The molecule has 0 saturated carbocycles. The van der Waals surface area contributed by atoms with Gasteiger partial charge < -0.3 is 15.1 Å². The standard InChI is InChI=1S/C23H21N3O9/c27-18(28)4-2-1-3-13-24-20(14-5-9-16(10-6-14)25(32)33)19(22(30)23(24)31)21(29)15-7-11-17(12-8-15)26(34)35/h5-12,20,29H,1-4,13H2,(H,27,28). The van der Waals surface area contributed by atoms with Crippen molar-refractivity contribution in [3.8, 4) is 0 Å². The summed E-state index contributed by atoms with van der Waals surface area (Å²) in [6.07, 6.45) is 1.21. The first-order chi connectivity index (χ1) is 16.6. The Kier molecular flexibility index (Phi) is 7.54. The molecule has 0 bridgehead atoms. The number of carboxylic acid groups (broad SMARTS) is 1. The number of non-ortho nitro benzene ring substituents is 2. The van der Waals surface area contributed by atoms with E-state index in [0.717, 1.165) is 12.1 Å². The zero-order valence-corrected chi connectivity index (χ0v) is 18.3. The number of likely N-dealkylation sites (tertiary alicyclic amines) is 1. The Morgan fingerprint density at radius 1 is 0.857 bits per heavy atom. The van der Waals surface area contributed by atoms with E-state index < -0.39 is 39.3 Å². The lowest BCUT2D eigenvalue weighted by Gasteiger charge is -2.25. The maximum Gasteiger partial charge on any atom is 0.303 e. The summed E-state index contributed by atoms with van der Waals surface area (Å²) in [5.41, 5.74) is -0.237. The highest BCUT2D eigenvalue weighted by atomic mass is 16.6. The summed E-state index contributed by atoms with van der Waals surface area (Å²) in [4.78, 5) is 58.5. The molecule has 1 fully saturated rings. The van der Waals surface area contributed by atoms with Crippen molar-refractivity contribution >= 4 is 34.8 Å². The molecule has 12 heteroatoms. The highest BCUT2D eigenvalue weighted by molar-refractivity contribution is 6.46. The van der Waals surface area contributed by atoms with Gasteiger partial charge >= 0.3 is 5.97 Å². The van der Waals surface area contributed by atoms with Gasteiger partial charge in [-0.15, -0.1) is 0 Å². The monoisotopic (exact) mass is 483 g/mol. The van der Waals surface area contributed by atoms with Crippen molar-refractivity contribution in [3.63, 3.8) is 0 Å². The minimum Gasteiger partial charge on any atom is -0.507 e. The normalized spacial score (nSPS) is 16.9. The summed E-state index contributed by atoms with van der Waals surface area (Å²) in [5.74, 6) is -3.32. The number of nitrogens with zero attached hydrogens (tertiary/aromatic N) is 3. The second kappa shape index (κ2) is 10.5. The molecule has 1 heterocycles. The van der Waals surface area contributed by atoms with Crippen molar-refractivity contribution in [2.75, 3.05) is 6.54 Å². The van der Waals surface area contributed by atoms with Crippen molar-refractivity contribution in [1.82, 2.24) is 4.90 Å². The van der Waals surface area contributed by atoms with Crippen LogP contribution in [0.25, 0.3) is 5.76 Å². The molecular formula is C23H21N3O9. The molecule has 0 radical (unpaired) electrons. The van der Waals surface area contributed by atoms with Crippen LogP contribution < -0.4 is 0 Å². The van der Waals surface area contributed by atoms with Gasteiger partial charge in [0.25, 0.3) is 23.1 Å². The number of carbonyl (C=O) groups is 3. The number of unbranched alkanes of at least 4 members (excludes halogenated alkanes) is 2. The maximum absolute atomic E-state index is 12.9. The minimum absolute atomic E-state index is 0.0370. The number of rotatable bonds is 10. The van der Waals surface area contributed by atoms with E-state index in [2.05, 4.69) is 0 Å². The molecular weight excluding hydrogens is 462 g/mol. The number of aliphatic hydroxyl groups is 1. The smallest absolute Gasteiger partial charge is 0.303 e. The lowest BCUT2D eigenvalue weighted by atomic mass is 9.95. The number of hydrogen-bond donors (Lipinski definition) is 2. The Morgan fingerprint density at radius 2 is 1.40 bits per heavy atom. The average molecular weight is 483 g/mol. The van der Waals surface area contributed by atoms with Crippen LogP contribution in [0.4, 0.5) is 11.4 Å². The number of aliphatic hydroxyl groups excluding tert-OH is 1. The molecule has 35 heavy (non-hydrogen) atoms. The Hall–Kier alpha value is -4.61. The number of carboxylic acids is 1. The summed E-state index contributed by atoms with van der Waals surface area (Å²) < 4.78 is 0. The summed E-state index contributed by atoms with van der Waals surface area (Å²) >= 11 is 0. The van der Waals surface area contributed by atoms with Gasteiger partial charge in [-0.3, -0.25) is 34.6 Å². The van der Waals surface area contributed by atoms with Crippen LogP contribution in [0.5, 0.6) is 0 Å². The van der Waals surface area contributed by atoms with E-state index in [1.807, 2.05) is 0 Å². The Labute approximate surface area is 198 Å². The van der Waals surface area contributed by atoms with Crippen molar-refractivity contribution in [3.05, 3.63) is 85.5 Å². The third-order valence-corrected chi connectivity index (χ3v) is 5.60. The number of hydrogen-bond acceptors (Lipinski definition) is 8. The first-order valence-electron chi connectivity index (χ1n) is 10.6. The first-order valence-corrected chi connectivity index (χ1v) is 10.6. The van der Waals surface area contributed by atoms with Gasteiger partial charge in [0, 0.05) is 42.8 Å². The lowest BCUT2D eigenvalue weighted by molar-refractivity contribution is -0.385. The number of ketones is 1. The summed E-state index contributed by atoms with van der Waals surface area (Å²) in [6.45, 7) is 0.0862. The van der Waals surface area contributed by atoms with Gasteiger partial charge in [-0.2, -0.15) is 0 Å². The van der Waals surface area contributed by atoms with Crippen molar-refractivity contribution in [2.45, 2.75) is 31.7 Å². The molecule has 1 saturated heterocycles. The SMILES string of the molecule is O=C(O)CCCCCN1C(=O)C(=O)C(=C(O)c2ccc([N+](=O)[O-])cc2)C1c1ccc([N+](=O)[O-])cc1.